The molecule has 0 bridgehead atoms. The second-order valence-electron chi connectivity index (χ2n) is 5.33. The predicted octanol–water partition coefficient (Wildman–Crippen LogP) is 3.45. The summed E-state index contributed by atoms with van der Waals surface area (Å²) in [6.07, 6.45) is 0. The molecule has 0 amide bonds. The average Bonchev–Trinajstić information content (AvgIpc) is 2.75. The summed E-state index contributed by atoms with van der Waals surface area (Å²) in [5.74, 6) is 1.28. The maximum Gasteiger partial charge on any atom is 0.270 e. The molecule has 1 aliphatic heterocycles. The third-order valence-corrected chi connectivity index (χ3v) is 4.04. The molecule has 0 saturated heterocycles. The van der Waals surface area contributed by atoms with E-state index in [-0.39, 0.29) is 16.7 Å². The van der Waals surface area contributed by atoms with Crippen LogP contribution in [0.3, 0.4) is 0 Å². The number of furan rings is 1. The molecule has 0 N–H and O–H groups in total. The van der Waals surface area contributed by atoms with Crippen molar-refractivity contribution < 1.29 is 9.34 Å². The lowest BCUT2D eigenvalue weighted by molar-refractivity contribution is -0.384. The van der Waals surface area contributed by atoms with Gasteiger partial charge in [0, 0.05) is 41.6 Å². The van der Waals surface area contributed by atoms with Gasteiger partial charge in [0.25, 0.3) is 5.69 Å². The molecule has 5 nitrogen and oxygen atoms in total. The highest BCUT2D eigenvalue weighted by atomic mass is 16.6. The lowest BCUT2D eigenvalue weighted by Crippen LogP contribution is -2.31. The number of fused-ring (bicyclic) bond motifs is 3. The largest absolute Gasteiger partial charge is 0.460 e. The smallest absolute Gasteiger partial charge is 0.270 e. The topological polar surface area (TPSA) is 59.5 Å². The molecule has 19 heavy (non-hydrogen) atoms. The number of likely N-dealkylation sites (N-methyl/N-ethyl adjacent to an activating group) is 1. The van der Waals surface area contributed by atoms with Crippen molar-refractivity contribution in [3.05, 3.63) is 39.6 Å². The van der Waals surface area contributed by atoms with Gasteiger partial charge in [-0.2, -0.15) is 0 Å². The standard InChI is InChI=1S/C14H16N2O3/c1-8-7-15(3)9(2)13-11-6-10(16(17)18)4-5-12(11)19-14(8)13/h4-6,8-9H,7H2,1-3H3/t8-,9-/m0/s1. The molecule has 0 unspecified atom stereocenters. The maximum absolute atomic E-state index is 10.9. The van der Waals surface area contributed by atoms with Crippen molar-refractivity contribution in [2.24, 2.45) is 0 Å². The third kappa shape index (κ3) is 1.73. The first-order chi connectivity index (χ1) is 8.99. The Morgan fingerprint density at radius 2 is 2.16 bits per heavy atom. The molecule has 3 rings (SSSR count). The van der Waals surface area contributed by atoms with Crippen molar-refractivity contribution in [1.82, 2.24) is 4.90 Å². The summed E-state index contributed by atoms with van der Waals surface area (Å²) in [7, 11) is 2.07. The normalized spacial score (nSPS) is 23.5. The second-order valence-corrected chi connectivity index (χ2v) is 5.33. The Labute approximate surface area is 111 Å². The zero-order chi connectivity index (χ0) is 13.7. The van der Waals surface area contributed by atoms with E-state index in [1.54, 1.807) is 12.1 Å². The van der Waals surface area contributed by atoms with E-state index < -0.39 is 0 Å². The molecule has 0 fully saturated rings. The van der Waals surface area contributed by atoms with Gasteiger partial charge in [-0.25, -0.2) is 0 Å². The summed E-state index contributed by atoms with van der Waals surface area (Å²) in [5.41, 5.74) is 1.95. The second kappa shape index (κ2) is 4.06. The minimum absolute atomic E-state index is 0.115. The van der Waals surface area contributed by atoms with Crippen molar-refractivity contribution in [2.45, 2.75) is 25.8 Å². The van der Waals surface area contributed by atoms with Crippen molar-refractivity contribution in [1.29, 1.82) is 0 Å². The van der Waals surface area contributed by atoms with Gasteiger partial charge in [0.05, 0.1) is 4.92 Å². The number of nitro benzene ring substituents is 1. The lowest BCUT2D eigenvalue weighted by Gasteiger charge is -2.32. The van der Waals surface area contributed by atoms with E-state index in [9.17, 15) is 10.1 Å². The van der Waals surface area contributed by atoms with Gasteiger partial charge >= 0.3 is 0 Å². The fraction of sp³-hybridized carbons (Fsp3) is 0.429. The minimum Gasteiger partial charge on any atom is -0.460 e. The van der Waals surface area contributed by atoms with Crippen LogP contribution in [0.25, 0.3) is 11.0 Å². The maximum atomic E-state index is 10.9. The minimum atomic E-state index is -0.362. The molecule has 1 aromatic heterocycles. The fourth-order valence-electron chi connectivity index (χ4n) is 2.93. The van der Waals surface area contributed by atoms with E-state index in [0.29, 0.717) is 5.92 Å². The molecule has 0 aliphatic carbocycles. The molecule has 5 heteroatoms. The quantitative estimate of drug-likeness (QED) is 0.582. The summed E-state index contributed by atoms with van der Waals surface area (Å²) in [6, 6.07) is 5.04. The van der Waals surface area contributed by atoms with Crippen molar-refractivity contribution in [2.75, 3.05) is 13.6 Å². The van der Waals surface area contributed by atoms with Crippen molar-refractivity contribution in [3.8, 4) is 0 Å². The third-order valence-electron chi connectivity index (χ3n) is 4.04. The van der Waals surface area contributed by atoms with Crippen molar-refractivity contribution >= 4 is 16.7 Å². The van der Waals surface area contributed by atoms with E-state index in [4.69, 9.17) is 4.42 Å². The van der Waals surface area contributed by atoms with E-state index in [2.05, 4.69) is 25.8 Å². The summed E-state index contributed by atoms with van der Waals surface area (Å²) < 4.78 is 5.91. The fourth-order valence-corrected chi connectivity index (χ4v) is 2.93. The van der Waals surface area contributed by atoms with E-state index in [1.807, 2.05) is 0 Å². The summed E-state index contributed by atoms with van der Waals surface area (Å²) in [5, 5.41) is 11.8. The Morgan fingerprint density at radius 1 is 1.42 bits per heavy atom. The van der Waals surface area contributed by atoms with Crippen LogP contribution >= 0.6 is 0 Å². The van der Waals surface area contributed by atoms with Gasteiger partial charge in [0.15, 0.2) is 0 Å². The molecular weight excluding hydrogens is 244 g/mol. The molecule has 0 saturated carbocycles. The van der Waals surface area contributed by atoms with E-state index in [1.165, 1.54) is 6.07 Å². The number of rotatable bonds is 1. The zero-order valence-electron chi connectivity index (χ0n) is 11.2. The Kier molecular flexibility index (Phi) is 2.60. The Bertz CT molecular complexity index is 662. The molecule has 1 aromatic carbocycles. The first kappa shape index (κ1) is 12.2. The van der Waals surface area contributed by atoms with E-state index >= 15 is 0 Å². The number of benzene rings is 1. The Hall–Kier alpha value is -1.88. The van der Waals surface area contributed by atoms with Crippen LogP contribution in [0.1, 0.15) is 37.1 Å². The van der Waals surface area contributed by atoms with Gasteiger partial charge in [-0.05, 0) is 20.0 Å². The molecule has 1 aliphatic rings. The molecule has 0 radical (unpaired) electrons. The van der Waals surface area contributed by atoms with Gasteiger partial charge in [-0.3, -0.25) is 15.0 Å². The zero-order valence-corrected chi connectivity index (χ0v) is 11.2. The number of nitro groups is 1. The first-order valence-corrected chi connectivity index (χ1v) is 6.40. The molecule has 100 valence electrons. The highest BCUT2D eigenvalue weighted by Crippen LogP contribution is 2.42. The highest BCUT2D eigenvalue weighted by Gasteiger charge is 2.32. The van der Waals surface area contributed by atoms with Gasteiger partial charge in [-0.15, -0.1) is 0 Å². The number of hydrogen-bond acceptors (Lipinski definition) is 4. The predicted molar refractivity (Wildman–Crippen MR) is 72.3 cm³/mol. The van der Waals surface area contributed by atoms with Crippen LogP contribution in [0.2, 0.25) is 0 Å². The summed E-state index contributed by atoms with van der Waals surface area (Å²) in [6.45, 7) is 5.17. The van der Waals surface area contributed by atoms with Crippen LogP contribution in [0.15, 0.2) is 22.6 Å². The summed E-state index contributed by atoms with van der Waals surface area (Å²) >= 11 is 0. The van der Waals surface area contributed by atoms with Gasteiger partial charge in [-0.1, -0.05) is 6.92 Å². The van der Waals surface area contributed by atoms with Crippen molar-refractivity contribution in [3.63, 3.8) is 0 Å². The van der Waals surface area contributed by atoms with Crippen LogP contribution in [0.5, 0.6) is 0 Å². The molecule has 2 atom stereocenters. The van der Waals surface area contributed by atoms with Crippen LogP contribution in [-0.2, 0) is 0 Å². The summed E-state index contributed by atoms with van der Waals surface area (Å²) in [4.78, 5) is 12.8. The van der Waals surface area contributed by atoms with Crippen LogP contribution < -0.4 is 0 Å². The number of non-ortho nitro benzene ring substituents is 1. The SMILES string of the molecule is C[C@H]1CN(C)[C@@H](C)c2c1oc1ccc([N+](=O)[O-])cc21. The van der Waals surface area contributed by atoms with Gasteiger partial charge in [0.2, 0.25) is 0 Å². The van der Waals surface area contributed by atoms with Gasteiger partial charge in [0.1, 0.15) is 11.3 Å². The molecular formula is C14H16N2O3. The Balaban J connectivity index is 2.28. The van der Waals surface area contributed by atoms with Crippen LogP contribution in [0, 0.1) is 10.1 Å². The lowest BCUT2D eigenvalue weighted by atomic mass is 9.92. The Morgan fingerprint density at radius 3 is 2.84 bits per heavy atom. The van der Waals surface area contributed by atoms with Crippen LogP contribution in [-0.4, -0.2) is 23.4 Å². The highest BCUT2D eigenvalue weighted by molar-refractivity contribution is 5.85. The molecule has 0 spiro atoms. The molecule has 2 aromatic rings. The van der Waals surface area contributed by atoms with Gasteiger partial charge < -0.3 is 4.42 Å². The monoisotopic (exact) mass is 260 g/mol. The number of hydrogen-bond donors (Lipinski definition) is 0. The van der Waals surface area contributed by atoms with Crippen LogP contribution in [0.4, 0.5) is 5.69 Å². The van der Waals surface area contributed by atoms with E-state index in [0.717, 1.165) is 28.8 Å². The molecule has 2 heterocycles. The average molecular weight is 260 g/mol. The first-order valence-electron chi connectivity index (χ1n) is 6.40. The number of nitrogens with zero attached hydrogens (tertiary/aromatic N) is 2.